The summed E-state index contributed by atoms with van der Waals surface area (Å²) in [6.45, 7) is 6.85. The fourth-order valence-electron chi connectivity index (χ4n) is 3.51. The quantitative estimate of drug-likeness (QED) is 0.346. The van der Waals surface area contributed by atoms with Crippen molar-refractivity contribution in [3.05, 3.63) is 82.7 Å². The van der Waals surface area contributed by atoms with Gasteiger partial charge in [0, 0.05) is 12.2 Å². The summed E-state index contributed by atoms with van der Waals surface area (Å²) in [7, 11) is 0. The van der Waals surface area contributed by atoms with E-state index in [-0.39, 0.29) is 5.91 Å². The van der Waals surface area contributed by atoms with Crippen molar-refractivity contribution in [1.82, 2.24) is 14.8 Å². The van der Waals surface area contributed by atoms with E-state index in [1.165, 1.54) is 11.8 Å². The molecule has 1 atom stereocenters. The predicted molar refractivity (Wildman–Crippen MR) is 129 cm³/mol. The number of aromatic nitrogens is 3. The van der Waals surface area contributed by atoms with Crippen LogP contribution in [0.3, 0.4) is 0 Å². The van der Waals surface area contributed by atoms with Gasteiger partial charge in [0.15, 0.2) is 11.0 Å². The van der Waals surface area contributed by atoms with E-state index in [0.29, 0.717) is 0 Å². The first-order valence-corrected chi connectivity index (χ1v) is 11.9. The van der Waals surface area contributed by atoms with Gasteiger partial charge in [-0.05, 0) is 61.0 Å². The zero-order valence-electron chi connectivity index (χ0n) is 17.7. The van der Waals surface area contributed by atoms with Gasteiger partial charge in [0.2, 0.25) is 5.91 Å². The topological polar surface area (TPSA) is 59.8 Å². The van der Waals surface area contributed by atoms with Crippen LogP contribution >= 0.6 is 23.1 Å². The number of thioether (sulfide) groups is 1. The van der Waals surface area contributed by atoms with E-state index in [1.54, 1.807) is 11.3 Å². The summed E-state index contributed by atoms with van der Waals surface area (Å²) >= 11 is 3.06. The average molecular weight is 449 g/mol. The molecule has 1 amide bonds. The van der Waals surface area contributed by atoms with Gasteiger partial charge in [0.05, 0.1) is 4.88 Å². The first kappa shape index (κ1) is 21.3. The second-order valence-electron chi connectivity index (χ2n) is 7.30. The van der Waals surface area contributed by atoms with Gasteiger partial charge in [-0.25, -0.2) is 0 Å². The molecule has 2 aromatic carbocycles. The molecule has 0 radical (unpaired) electrons. The van der Waals surface area contributed by atoms with Crippen molar-refractivity contribution in [2.24, 2.45) is 0 Å². The van der Waals surface area contributed by atoms with E-state index < -0.39 is 5.25 Å². The number of rotatable bonds is 7. The molecule has 1 unspecified atom stereocenters. The Morgan fingerprint density at radius 2 is 1.81 bits per heavy atom. The molecule has 158 valence electrons. The molecule has 0 aliphatic heterocycles. The largest absolute Gasteiger partial charge is 0.325 e. The Morgan fingerprint density at radius 1 is 1.06 bits per heavy atom. The van der Waals surface area contributed by atoms with E-state index in [9.17, 15) is 4.79 Å². The van der Waals surface area contributed by atoms with Crippen LogP contribution in [0.25, 0.3) is 10.7 Å². The number of thiophene rings is 1. The summed E-state index contributed by atoms with van der Waals surface area (Å²) in [4.78, 5) is 14.5. The second kappa shape index (κ2) is 9.49. The molecule has 0 saturated heterocycles. The average Bonchev–Trinajstić information content (AvgIpc) is 3.41. The molecule has 1 N–H and O–H groups in total. The molecule has 0 bridgehead atoms. The number of benzene rings is 2. The number of amides is 1. The molecule has 5 nitrogen and oxygen atoms in total. The molecule has 0 aliphatic rings. The first-order chi connectivity index (χ1) is 15.0. The smallest absolute Gasteiger partial charge is 0.242 e. The summed E-state index contributed by atoms with van der Waals surface area (Å²) in [5.41, 5.74) is 3.97. The third-order valence-electron chi connectivity index (χ3n) is 4.83. The first-order valence-electron chi connectivity index (χ1n) is 10.1. The Hall–Kier alpha value is -2.90. The number of hydrogen-bond acceptors (Lipinski definition) is 5. The molecule has 0 aliphatic carbocycles. The number of nitrogens with one attached hydrogen (secondary N) is 1. The molecule has 0 fully saturated rings. The number of aryl methyl sites for hydroxylation is 2. The molecule has 2 aromatic heterocycles. The van der Waals surface area contributed by atoms with Crippen molar-refractivity contribution in [2.45, 2.75) is 37.7 Å². The van der Waals surface area contributed by atoms with Crippen molar-refractivity contribution in [1.29, 1.82) is 0 Å². The third-order valence-corrected chi connectivity index (χ3v) is 6.93. The van der Waals surface area contributed by atoms with Crippen LogP contribution < -0.4 is 5.32 Å². The van der Waals surface area contributed by atoms with Gasteiger partial charge in [-0.2, -0.15) is 0 Å². The Balaban J connectivity index is 1.66. The third kappa shape index (κ3) is 4.89. The lowest BCUT2D eigenvalue weighted by Crippen LogP contribution is -2.19. The van der Waals surface area contributed by atoms with E-state index in [1.807, 2.05) is 73.8 Å². The summed E-state index contributed by atoms with van der Waals surface area (Å²) in [5, 5.41) is 14.3. The summed E-state index contributed by atoms with van der Waals surface area (Å²) in [5.74, 6) is 0.756. The number of carbonyl (C=O) groups is 1. The van der Waals surface area contributed by atoms with E-state index >= 15 is 0 Å². The highest BCUT2D eigenvalue weighted by molar-refractivity contribution is 8.00. The Morgan fingerprint density at radius 3 is 2.45 bits per heavy atom. The Kier molecular flexibility index (Phi) is 6.53. The highest BCUT2D eigenvalue weighted by Gasteiger charge is 2.26. The van der Waals surface area contributed by atoms with E-state index in [0.717, 1.165) is 44.8 Å². The van der Waals surface area contributed by atoms with Crippen LogP contribution in [0.15, 0.2) is 71.2 Å². The molecule has 0 saturated carbocycles. The summed E-state index contributed by atoms with van der Waals surface area (Å²) in [6.07, 6.45) is 0. The normalized spacial score (nSPS) is 12.0. The molecule has 0 spiro atoms. The Labute approximate surface area is 190 Å². The van der Waals surface area contributed by atoms with Crippen molar-refractivity contribution in [2.75, 3.05) is 5.32 Å². The zero-order chi connectivity index (χ0) is 21.8. The van der Waals surface area contributed by atoms with Gasteiger partial charge in [-0.3, -0.25) is 4.79 Å². The molecular formula is C24H24N4OS2. The van der Waals surface area contributed by atoms with E-state index in [2.05, 4.69) is 33.1 Å². The second-order valence-corrected chi connectivity index (χ2v) is 9.32. The fraction of sp³-hybridized carbons (Fsp3) is 0.208. The standard InChI is InChI=1S/C24H24N4OS2/c1-4-28-22(20-11-8-12-30-20)26-27-24(28)31-21(18-9-6-5-7-10-18)23(29)25-19-14-16(2)13-17(3)15-19/h5-15,21H,4H2,1-3H3,(H,25,29). The molecule has 4 aromatic rings. The summed E-state index contributed by atoms with van der Waals surface area (Å²) in [6, 6.07) is 19.9. The highest BCUT2D eigenvalue weighted by Crippen LogP contribution is 2.37. The number of carbonyl (C=O) groups excluding carboxylic acids is 1. The van der Waals surface area contributed by atoms with E-state index in [4.69, 9.17) is 0 Å². The number of anilines is 1. The Bertz CT molecular complexity index is 1150. The van der Waals surface area contributed by atoms with Crippen molar-refractivity contribution in [3.8, 4) is 10.7 Å². The van der Waals surface area contributed by atoms with Gasteiger partial charge in [-0.1, -0.05) is 54.2 Å². The fourth-order valence-corrected chi connectivity index (χ4v) is 5.33. The number of nitrogens with zero attached hydrogens (tertiary/aromatic N) is 3. The van der Waals surface area contributed by atoms with Gasteiger partial charge >= 0.3 is 0 Å². The minimum atomic E-state index is -0.451. The molecule has 4 rings (SSSR count). The SMILES string of the molecule is CCn1c(SC(C(=O)Nc2cc(C)cc(C)c2)c2ccccc2)nnc1-c1cccs1. The monoisotopic (exact) mass is 448 g/mol. The van der Waals surface area contributed by atoms with Crippen molar-refractivity contribution in [3.63, 3.8) is 0 Å². The van der Waals surface area contributed by atoms with Crippen LogP contribution in [0.2, 0.25) is 0 Å². The van der Waals surface area contributed by atoms with Crippen LogP contribution in [0.5, 0.6) is 0 Å². The molecule has 31 heavy (non-hydrogen) atoms. The predicted octanol–water partition coefficient (Wildman–Crippen LogP) is 6.12. The van der Waals surface area contributed by atoms with Crippen LogP contribution in [0.4, 0.5) is 5.69 Å². The van der Waals surface area contributed by atoms with Crippen LogP contribution in [0, 0.1) is 13.8 Å². The van der Waals surface area contributed by atoms with Crippen LogP contribution in [0.1, 0.15) is 28.9 Å². The maximum Gasteiger partial charge on any atom is 0.242 e. The minimum absolute atomic E-state index is 0.0791. The zero-order valence-corrected chi connectivity index (χ0v) is 19.3. The lowest BCUT2D eigenvalue weighted by atomic mass is 10.1. The maximum absolute atomic E-state index is 13.4. The van der Waals surface area contributed by atoms with Crippen LogP contribution in [-0.2, 0) is 11.3 Å². The van der Waals surface area contributed by atoms with Gasteiger partial charge < -0.3 is 9.88 Å². The van der Waals surface area contributed by atoms with Gasteiger partial charge in [0.25, 0.3) is 0 Å². The number of hydrogen-bond donors (Lipinski definition) is 1. The highest BCUT2D eigenvalue weighted by atomic mass is 32.2. The van der Waals surface area contributed by atoms with Crippen molar-refractivity contribution >= 4 is 34.7 Å². The van der Waals surface area contributed by atoms with Crippen LogP contribution in [-0.4, -0.2) is 20.7 Å². The molecule has 2 heterocycles. The molecule has 7 heteroatoms. The lowest BCUT2D eigenvalue weighted by Gasteiger charge is -2.17. The lowest BCUT2D eigenvalue weighted by molar-refractivity contribution is -0.115. The van der Waals surface area contributed by atoms with Gasteiger partial charge in [-0.15, -0.1) is 21.5 Å². The van der Waals surface area contributed by atoms with Crippen molar-refractivity contribution < 1.29 is 4.79 Å². The van der Waals surface area contributed by atoms with Gasteiger partial charge in [0.1, 0.15) is 5.25 Å². The maximum atomic E-state index is 13.4. The minimum Gasteiger partial charge on any atom is -0.325 e. The molecular weight excluding hydrogens is 424 g/mol. The summed E-state index contributed by atoms with van der Waals surface area (Å²) < 4.78 is 2.07.